The minimum Gasteiger partial charge on any atom is -0.306 e. The number of benzene rings is 1. The predicted molar refractivity (Wildman–Crippen MR) is 72.9 cm³/mol. The summed E-state index contributed by atoms with van der Waals surface area (Å²) in [4.78, 5) is 0. The van der Waals surface area contributed by atoms with E-state index in [1.165, 1.54) is 11.3 Å². The van der Waals surface area contributed by atoms with E-state index < -0.39 is 0 Å². The SMILES string of the molecule is CC1CSC(C(C)C)C(c2ccccc2)N1. The third-order valence-electron chi connectivity index (χ3n) is 3.15. The summed E-state index contributed by atoms with van der Waals surface area (Å²) in [5.41, 5.74) is 1.43. The summed E-state index contributed by atoms with van der Waals surface area (Å²) >= 11 is 2.12. The van der Waals surface area contributed by atoms with Crippen molar-refractivity contribution in [3.05, 3.63) is 35.9 Å². The normalized spacial score (nSPS) is 30.6. The molecule has 3 unspecified atom stereocenters. The molecule has 2 heteroatoms. The number of nitrogens with one attached hydrogen (secondary N) is 1. The monoisotopic (exact) mass is 235 g/mol. The van der Waals surface area contributed by atoms with E-state index >= 15 is 0 Å². The van der Waals surface area contributed by atoms with Crippen molar-refractivity contribution in [2.24, 2.45) is 5.92 Å². The molecule has 1 fully saturated rings. The Labute approximate surface area is 103 Å². The molecule has 1 aromatic carbocycles. The van der Waals surface area contributed by atoms with Gasteiger partial charge in [-0.15, -0.1) is 0 Å². The van der Waals surface area contributed by atoms with Crippen LogP contribution in [-0.4, -0.2) is 17.0 Å². The van der Waals surface area contributed by atoms with Gasteiger partial charge >= 0.3 is 0 Å². The number of hydrogen-bond acceptors (Lipinski definition) is 2. The van der Waals surface area contributed by atoms with Crippen LogP contribution in [-0.2, 0) is 0 Å². The highest BCUT2D eigenvalue weighted by Crippen LogP contribution is 2.36. The lowest BCUT2D eigenvalue weighted by Crippen LogP contribution is -2.44. The van der Waals surface area contributed by atoms with E-state index in [9.17, 15) is 0 Å². The molecule has 0 spiro atoms. The molecule has 1 saturated heterocycles. The molecule has 1 N–H and O–H groups in total. The lowest BCUT2D eigenvalue weighted by molar-refractivity contribution is 0.399. The van der Waals surface area contributed by atoms with Crippen molar-refractivity contribution in [2.75, 3.05) is 5.75 Å². The molecule has 0 aliphatic carbocycles. The zero-order chi connectivity index (χ0) is 11.5. The molecule has 2 rings (SSSR count). The molecule has 88 valence electrons. The third kappa shape index (κ3) is 2.61. The predicted octanol–water partition coefficient (Wildman–Crippen LogP) is 3.48. The van der Waals surface area contributed by atoms with Gasteiger partial charge in [0, 0.05) is 23.1 Å². The highest BCUT2D eigenvalue weighted by atomic mass is 32.2. The van der Waals surface area contributed by atoms with Gasteiger partial charge in [-0.05, 0) is 18.4 Å². The maximum absolute atomic E-state index is 3.74. The highest BCUT2D eigenvalue weighted by Gasteiger charge is 2.31. The van der Waals surface area contributed by atoms with Crippen LogP contribution in [0, 0.1) is 5.92 Å². The largest absolute Gasteiger partial charge is 0.306 e. The Hall–Kier alpha value is -0.470. The lowest BCUT2D eigenvalue weighted by Gasteiger charge is -2.38. The van der Waals surface area contributed by atoms with E-state index in [-0.39, 0.29) is 0 Å². The topological polar surface area (TPSA) is 12.0 Å². The first-order chi connectivity index (χ1) is 7.68. The Morgan fingerprint density at radius 2 is 1.94 bits per heavy atom. The summed E-state index contributed by atoms with van der Waals surface area (Å²) in [5.74, 6) is 1.95. The van der Waals surface area contributed by atoms with Crippen LogP contribution < -0.4 is 5.32 Å². The van der Waals surface area contributed by atoms with Crippen molar-refractivity contribution >= 4 is 11.8 Å². The molecule has 1 aliphatic heterocycles. The second-order valence-electron chi connectivity index (χ2n) is 5.00. The van der Waals surface area contributed by atoms with E-state index in [4.69, 9.17) is 0 Å². The molecular formula is C14H21NS. The Morgan fingerprint density at radius 3 is 2.56 bits per heavy atom. The van der Waals surface area contributed by atoms with E-state index in [0.717, 1.165) is 5.92 Å². The molecule has 0 bridgehead atoms. The molecular weight excluding hydrogens is 214 g/mol. The van der Waals surface area contributed by atoms with Crippen molar-refractivity contribution < 1.29 is 0 Å². The molecule has 0 radical (unpaired) electrons. The van der Waals surface area contributed by atoms with Crippen LogP contribution in [0.2, 0.25) is 0 Å². The van der Waals surface area contributed by atoms with Crippen LogP contribution in [0.4, 0.5) is 0 Å². The van der Waals surface area contributed by atoms with Crippen molar-refractivity contribution in [1.82, 2.24) is 5.32 Å². The Morgan fingerprint density at radius 1 is 1.25 bits per heavy atom. The van der Waals surface area contributed by atoms with E-state index in [1.54, 1.807) is 0 Å². The fraction of sp³-hybridized carbons (Fsp3) is 0.571. The fourth-order valence-corrected chi connectivity index (χ4v) is 3.74. The first kappa shape index (κ1) is 12.0. The fourth-order valence-electron chi connectivity index (χ4n) is 2.32. The van der Waals surface area contributed by atoms with Gasteiger partial charge in [0.05, 0.1) is 0 Å². The first-order valence-corrected chi connectivity index (χ1v) is 7.16. The molecule has 3 atom stereocenters. The quantitative estimate of drug-likeness (QED) is 0.842. The van der Waals surface area contributed by atoms with Crippen LogP contribution >= 0.6 is 11.8 Å². The van der Waals surface area contributed by atoms with Gasteiger partial charge in [-0.2, -0.15) is 11.8 Å². The molecule has 1 aliphatic rings. The summed E-state index contributed by atoms with van der Waals surface area (Å²) < 4.78 is 0. The standard InChI is InChI=1S/C14H21NS/c1-10(2)14-13(15-11(3)9-16-14)12-7-5-4-6-8-12/h4-8,10-11,13-15H,9H2,1-3H3. The van der Waals surface area contributed by atoms with Gasteiger partial charge in [0.15, 0.2) is 0 Å². The summed E-state index contributed by atoms with van der Waals surface area (Å²) in [6.07, 6.45) is 0. The molecule has 0 saturated carbocycles. The highest BCUT2D eigenvalue weighted by molar-refractivity contribution is 8.00. The lowest BCUT2D eigenvalue weighted by atomic mass is 9.95. The van der Waals surface area contributed by atoms with Gasteiger partial charge in [0.25, 0.3) is 0 Å². The van der Waals surface area contributed by atoms with Crippen molar-refractivity contribution in [2.45, 2.75) is 38.1 Å². The van der Waals surface area contributed by atoms with Crippen LogP contribution in [0.15, 0.2) is 30.3 Å². The molecule has 1 heterocycles. The zero-order valence-electron chi connectivity index (χ0n) is 10.3. The smallest absolute Gasteiger partial charge is 0.0445 e. The van der Waals surface area contributed by atoms with E-state index in [0.29, 0.717) is 17.3 Å². The Kier molecular flexibility index (Phi) is 3.93. The first-order valence-electron chi connectivity index (χ1n) is 6.11. The van der Waals surface area contributed by atoms with Crippen molar-refractivity contribution in [1.29, 1.82) is 0 Å². The van der Waals surface area contributed by atoms with Crippen LogP contribution in [0.25, 0.3) is 0 Å². The van der Waals surface area contributed by atoms with Crippen LogP contribution in [0.5, 0.6) is 0 Å². The zero-order valence-corrected chi connectivity index (χ0v) is 11.1. The van der Waals surface area contributed by atoms with Gasteiger partial charge in [-0.1, -0.05) is 44.2 Å². The molecule has 0 aromatic heterocycles. The minimum atomic E-state index is 0.509. The average molecular weight is 235 g/mol. The molecule has 16 heavy (non-hydrogen) atoms. The third-order valence-corrected chi connectivity index (χ3v) is 5.04. The van der Waals surface area contributed by atoms with E-state index in [1.807, 2.05) is 0 Å². The van der Waals surface area contributed by atoms with Crippen LogP contribution in [0.3, 0.4) is 0 Å². The second-order valence-corrected chi connectivity index (χ2v) is 6.21. The maximum atomic E-state index is 3.74. The summed E-state index contributed by atoms with van der Waals surface area (Å²) in [6.45, 7) is 6.93. The Bertz CT molecular complexity index is 323. The molecule has 0 amide bonds. The van der Waals surface area contributed by atoms with Crippen molar-refractivity contribution in [3.63, 3.8) is 0 Å². The molecule has 1 nitrogen and oxygen atoms in total. The summed E-state index contributed by atoms with van der Waals surface area (Å²) in [7, 11) is 0. The molecule has 1 aromatic rings. The summed E-state index contributed by atoms with van der Waals surface area (Å²) in [5, 5.41) is 4.44. The van der Waals surface area contributed by atoms with Gasteiger partial charge in [0.2, 0.25) is 0 Å². The van der Waals surface area contributed by atoms with Gasteiger partial charge in [-0.25, -0.2) is 0 Å². The van der Waals surface area contributed by atoms with Crippen LogP contribution in [0.1, 0.15) is 32.4 Å². The summed E-state index contributed by atoms with van der Waals surface area (Å²) in [6, 6.07) is 12.0. The number of rotatable bonds is 2. The number of thioether (sulfide) groups is 1. The maximum Gasteiger partial charge on any atom is 0.0445 e. The van der Waals surface area contributed by atoms with Gasteiger partial charge in [-0.3, -0.25) is 0 Å². The average Bonchev–Trinajstić information content (AvgIpc) is 2.29. The van der Waals surface area contributed by atoms with Gasteiger partial charge < -0.3 is 5.32 Å². The van der Waals surface area contributed by atoms with E-state index in [2.05, 4.69) is 68.2 Å². The minimum absolute atomic E-state index is 0.509. The Balaban J connectivity index is 2.21. The number of hydrogen-bond donors (Lipinski definition) is 1. The second kappa shape index (κ2) is 5.24. The van der Waals surface area contributed by atoms with Crippen molar-refractivity contribution in [3.8, 4) is 0 Å². The van der Waals surface area contributed by atoms with Gasteiger partial charge in [0.1, 0.15) is 0 Å².